The van der Waals surface area contributed by atoms with Crippen LogP contribution in [0.2, 0.25) is 0 Å². The van der Waals surface area contributed by atoms with Gasteiger partial charge >= 0.3 is 0 Å². The summed E-state index contributed by atoms with van der Waals surface area (Å²) >= 11 is 6.99. The first-order chi connectivity index (χ1) is 11.0. The van der Waals surface area contributed by atoms with Gasteiger partial charge in [-0.3, -0.25) is 4.79 Å². The summed E-state index contributed by atoms with van der Waals surface area (Å²) in [4.78, 5) is 14.1. The highest BCUT2D eigenvalue weighted by Crippen LogP contribution is 2.36. The number of rotatable bonds is 3. The number of hydrogen-bond donors (Lipinski definition) is 1. The molecule has 1 N–H and O–H groups in total. The van der Waals surface area contributed by atoms with Crippen molar-refractivity contribution in [1.82, 2.24) is 10.2 Å². The van der Waals surface area contributed by atoms with Crippen LogP contribution in [-0.4, -0.2) is 22.8 Å². The van der Waals surface area contributed by atoms with Crippen LogP contribution in [0.4, 0.5) is 4.39 Å². The van der Waals surface area contributed by atoms with E-state index >= 15 is 0 Å². The van der Waals surface area contributed by atoms with Gasteiger partial charge in [0.15, 0.2) is 10.9 Å². The highest BCUT2D eigenvalue weighted by Gasteiger charge is 2.33. The van der Waals surface area contributed by atoms with Crippen LogP contribution in [0, 0.1) is 5.82 Å². The van der Waals surface area contributed by atoms with Gasteiger partial charge in [0, 0.05) is 12.6 Å². The second-order valence-corrected chi connectivity index (χ2v) is 6.49. The summed E-state index contributed by atoms with van der Waals surface area (Å²) in [7, 11) is 1.81. The number of ketones is 1. The van der Waals surface area contributed by atoms with Crippen molar-refractivity contribution in [2.45, 2.75) is 13.0 Å². The Hall–Kier alpha value is -2.05. The summed E-state index contributed by atoms with van der Waals surface area (Å²) in [6.45, 7) is 1.54. The highest BCUT2D eigenvalue weighted by atomic mass is 32.1. The van der Waals surface area contributed by atoms with Crippen molar-refractivity contribution in [2.75, 3.05) is 7.05 Å². The van der Waals surface area contributed by atoms with Crippen molar-refractivity contribution in [3.05, 3.63) is 63.6 Å². The number of benzene rings is 1. The van der Waals surface area contributed by atoms with Crippen LogP contribution in [0.1, 0.15) is 24.1 Å². The van der Waals surface area contributed by atoms with E-state index in [0.717, 1.165) is 16.8 Å². The number of hydrogen-bond acceptors (Lipinski definition) is 3. The largest absolute Gasteiger partial charge is 0.351 e. The molecule has 0 spiro atoms. The lowest BCUT2D eigenvalue weighted by atomic mass is 9.91. The molecule has 3 rings (SSSR count). The Morgan fingerprint density at radius 1 is 1.30 bits per heavy atom. The molecule has 118 valence electrons. The topological polar surface area (TPSA) is 32.3 Å². The van der Waals surface area contributed by atoms with Crippen molar-refractivity contribution in [3.8, 4) is 0 Å². The van der Waals surface area contributed by atoms with Crippen molar-refractivity contribution in [3.63, 3.8) is 0 Å². The third kappa shape index (κ3) is 2.92. The second kappa shape index (κ2) is 6.22. The zero-order chi connectivity index (χ0) is 16.6. The maximum atomic E-state index is 13.3. The van der Waals surface area contributed by atoms with E-state index in [4.69, 9.17) is 12.2 Å². The molecule has 0 bridgehead atoms. The minimum atomic E-state index is -0.313. The third-order valence-electron chi connectivity index (χ3n) is 3.83. The lowest BCUT2D eigenvalue weighted by Crippen LogP contribution is -2.45. The molecule has 0 saturated carbocycles. The van der Waals surface area contributed by atoms with E-state index < -0.39 is 0 Å². The number of Topliss-reactive ketones (excluding diaryl/α,β-unsaturated/α-hetero) is 1. The van der Waals surface area contributed by atoms with Gasteiger partial charge in [-0.15, -0.1) is 0 Å². The molecule has 2 heterocycles. The SMILES string of the molecule is CC(=O)C1=C(c2ccc(F)cc2)N(C)C(=S)NC1c1ccsc1. The van der Waals surface area contributed by atoms with Crippen molar-refractivity contribution >= 4 is 40.1 Å². The van der Waals surface area contributed by atoms with E-state index in [1.54, 1.807) is 42.3 Å². The molecule has 1 aromatic heterocycles. The summed E-state index contributed by atoms with van der Waals surface area (Å²) in [5, 5.41) is 7.72. The molecule has 0 amide bonds. The number of halogens is 1. The van der Waals surface area contributed by atoms with E-state index in [2.05, 4.69) is 5.32 Å². The van der Waals surface area contributed by atoms with E-state index in [1.807, 2.05) is 16.8 Å². The average Bonchev–Trinajstić information content (AvgIpc) is 3.04. The van der Waals surface area contributed by atoms with E-state index in [9.17, 15) is 9.18 Å². The molecule has 1 aliphatic rings. The molecule has 1 unspecified atom stereocenters. The summed E-state index contributed by atoms with van der Waals surface area (Å²) in [6, 6.07) is 7.80. The Bertz CT molecular complexity index is 781. The number of nitrogens with one attached hydrogen (secondary N) is 1. The maximum Gasteiger partial charge on any atom is 0.173 e. The Labute approximate surface area is 143 Å². The molecule has 1 aromatic carbocycles. The Morgan fingerprint density at radius 3 is 2.57 bits per heavy atom. The van der Waals surface area contributed by atoms with Crippen LogP contribution in [0.3, 0.4) is 0 Å². The molecule has 1 atom stereocenters. The first-order valence-electron chi connectivity index (χ1n) is 7.06. The normalized spacial score (nSPS) is 18.1. The molecule has 23 heavy (non-hydrogen) atoms. The number of carbonyl (C=O) groups is 1. The van der Waals surface area contributed by atoms with Crippen LogP contribution in [-0.2, 0) is 4.79 Å². The first-order valence-corrected chi connectivity index (χ1v) is 8.41. The summed E-state index contributed by atoms with van der Waals surface area (Å²) in [6.07, 6.45) is 0. The van der Waals surface area contributed by atoms with Gasteiger partial charge in [0.2, 0.25) is 0 Å². The first kappa shape index (κ1) is 15.8. The number of carbonyl (C=O) groups excluding carboxylic acids is 1. The molecule has 0 fully saturated rings. The van der Waals surface area contributed by atoms with Crippen molar-refractivity contribution in [1.29, 1.82) is 0 Å². The lowest BCUT2D eigenvalue weighted by Gasteiger charge is -2.36. The Balaban J connectivity index is 2.22. The third-order valence-corrected chi connectivity index (χ3v) is 4.92. The zero-order valence-corrected chi connectivity index (χ0v) is 14.3. The fourth-order valence-electron chi connectivity index (χ4n) is 2.73. The smallest absolute Gasteiger partial charge is 0.173 e. The summed E-state index contributed by atoms with van der Waals surface area (Å²) < 4.78 is 13.3. The van der Waals surface area contributed by atoms with Gasteiger partial charge in [0.1, 0.15) is 5.82 Å². The molecule has 3 nitrogen and oxygen atoms in total. The summed E-state index contributed by atoms with van der Waals surface area (Å²) in [5.41, 5.74) is 3.11. The predicted molar refractivity (Wildman–Crippen MR) is 94.6 cm³/mol. The van der Waals surface area contributed by atoms with Crippen LogP contribution in [0.25, 0.3) is 5.70 Å². The predicted octanol–water partition coefficient (Wildman–Crippen LogP) is 3.75. The summed E-state index contributed by atoms with van der Waals surface area (Å²) in [5.74, 6) is -0.352. The minimum absolute atomic E-state index is 0.0395. The average molecular weight is 346 g/mol. The van der Waals surface area contributed by atoms with E-state index in [1.165, 1.54) is 12.1 Å². The van der Waals surface area contributed by atoms with Crippen molar-refractivity contribution in [2.24, 2.45) is 0 Å². The molecule has 0 saturated heterocycles. The fraction of sp³-hybridized carbons (Fsp3) is 0.176. The van der Waals surface area contributed by atoms with Gasteiger partial charge in [0.25, 0.3) is 0 Å². The second-order valence-electron chi connectivity index (χ2n) is 5.32. The fourth-order valence-corrected chi connectivity index (χ4v) is 3.62. The number of nitrogens with zero attached hydrogens (tertiary/aromatic N) is 1. The highest BCUT2D eigenvalue weighted by molar-refractivity contribution is 7.80. The van der Waals surface area contributed by atoms with Crippen LogP contribution >= 0.6 is 23.6 Å². The quantitative estimate of drug-likeness (QED) is 0.858. The standard InChI is InChI=1S/C17H15FN2OS2/c1-10(21)14-15(12-7-8-23-9-12)19-17(22)20(2)16(14)11-3-5-13(18)6-4-11/h3-9,15H,1-2H3,(H,19,22). The Morgan fingerprint density at radius 2 is 2.00 bits per heavy atom. The zero-order valence-electron chi connectivity index (χ0n) is 12.7. The molecular formula is C17H15FN2OS2. The van der Waals surface area contributed by atoms with Gasteiger partial charge < -0.3 is 10.2 Å². The van der Waals surface area contributed by atoms with Gasteiger partial charge in [-0.1, -0.05) is 0 Å². The minimum Gasteiger partial charge on any atom is -0.351 e. The number of thiocarbonyl (C=S) groups is 1. The van der Waals surface area contributed by atoms with Crippen LogP contribution in [0.5, 0.6) is 0 Å². The number of thiophene rings is 1. The van der Waals surface area contributed by atoms with Crippen LogP contribution < -0.4 is 5.32 Å². The van der Waals surface area contributed by atoms with Gasteiger partial charge in [-0.05, 0) is 71.4 Å². The molecule has 0 aliphatic carbocycles. The van der Waals surface area contributed by atoms with Crippen LogP contribution in [0.15, 0.2) is 46.7 Å². The Kier molecular flexibility index (Phi) is 4.28. The molecular weight excluding hydrogens is 331 g/mol. The van der Waals surface area contributed by atoms with E-state index in [0.29, 0.717) is 10.7 Å². The van der Waals surface area contributed by atoms with Gasteiger partial charge in [-0.25, -0.2) is 4.39 Å². The van der Waals surface area contributed by atoms with Gasteiger partial charge in [0.05, 0.1) is 11.7 Å². The maximum absolute atomic E-state index is 13.3. The molecule has 6 heteroatoms. The molecule has 0 radical (unpaired) electrons. The monoisotopic (exact) mass is 346 g/mol. The van der Waals surface area contributed by atoms with Crippen molar-refractivity contribution < 1.29 is 9.18 Å². The van der Waals surface area contributed by atoms with Gasteiger partial charge in [-0.2, -0.15) is 11.3 Å². The molecule has 1 aliphatic heterocycles. The van der Waals surface area contributed by atoms with E-state index in [-0.39, 0.29) is 17.6 Å². The molecule has 2 aromatic rings. The lowest BCUT2D eigenvalue weighted by molar-refractivity contribution is -0.113.